The van der Waals surface area contributed by atoms with Gasteiger partial charge in [-0.15, -0.1) is 0 Å². The van der Waals surface area contributed by atoms with Gasteiger partial charge < -0.3 is 9.63 Å². The van der Waals surface area contributed by atoms with Gasteiger partial charge in [0.15, 0.2) is 0 Å². The highest BCUT2D eigenvalue weighted by atomic mass is 35.5. The summed E-state index contributed by atoms with van der Waals surface area (Å²) in [6, 6.07) is 12.0. The molecule has 0 fully saturated rings. The molecule has 128 valence electrons. The maximum absolute atomic E-state index is 11.0. The minimum absolute atomic E-state index is 0.115. The Morgan fingerprint density at radius 3 is 2.68 bits per heavy atom. The van der Waals surface area contributed by atoms with Gasteiger partial charge in [0, 0.05) is 10.6 Å². The van der Waals surface area contributed by atoms with Gasteiger partial charge in [-0.25, -0.2) is 15.6 Å². The van der Waals surface area contributed by atoms with E-state index in [2.05, 4.69) is 10.1 Å². The van der Waals surface area contributed by atoms with Crippen LogP contribution in [0.25, 0.3) is 11.4 Å². The van der Waals surface area contributed by atoms with Crippen molar-refractivity contribution in [2.45, 2.75) is 6.42 Å². The molecular formula is C16H12Cl2N4O3. The molecule has 0 bridgehead atoms. The fourth-order valence-electron chi connectivity index (χ4n) is 2.19. The van der Waals surface area contributed by atoms with Crippen molar-refractivity contribution in [2.24, 2.45) is 5.84 Å². The highest BCUT2D eigenvalue weighted by molar-refractivity contribution is 6.33. The van der Waals surface area contributed by atoms with Crippen LogP contribution in [0.4, 0.5) is 10.5 Å². The summed E-state index contributed by atoms with van der Waals surface area (Å²) in [7, 11) is 0. The molecule has 1 amide bonds. The molecule has 0 aliphatic carbocycles. The maximum Gasteiger partial charge on any atom is 0.426 e. The van der Waals surface area contributed by atoms with Crippen LogP contribution in [0, 0.1) is 0 Å². The first-order valence-corrected chi connectivity index (χ1v) is 7.85. The van der Waals surface area contributed by atoms with Crippen molar-refractivity contribution in [3.8, 4) is 11.4 Å². The highest BCUT2D eigenvalue weighted by Gasteiger charge is 2.17. The van der Waals surface area contributed by atoms with Crippen molar-refractivity contribution in [2.75, 3.05) is 5.01 Å². The molecule has 0 spiro atoms. The second kappa shape index (κ2) is 7.10. The summed E-state index contributed by atoms with van der Waals surface area (Å²) in [6.45, 7) is 0. The van der Waals surface area contributed by atoms with Gasteiger partial charge in [-0.3, -0.25) is 0 Å². The van der Waals surface area contributed by atoms with Crippen molar-refractivity contribution < 1.29 is 14.4 Å². The molecule has 0 atom stereocenters. The SMILES string of the molecule is NN(C(=O)O)c1cc(-c2noc(Cc3ccccc3Cl)n2)ccc1Cl. The molecule has 25 heavy (non-hydrogen) atoms. The predicted octanol–water partition coefficient (Wildman–Crippen LogP) is 3.99. The predicted molar refractivity (Wildman–Crippen MR) is 93.7 cm³/mol. The summed E-state index contributed by atoms with van der Waals surface area (Å²) in [4.78, 5) is 15.3. The number of nitrogens with zero attached hydrogens (tertiary/aromatic N) is 3. The van der Waals surface area contributed by atoms with Gasteiger partial charge in [0.1, 0.15) is 0 Å². The number of hydrogen-bond acceptors (Lipinski definition) is 5. The fraction of sp³-hybridized carbons (Fsp3) is 0.0625. The number of nitrogens with two attached hydrogens (primary N) is 1. The van der Waals surface area contributed by atoms with E-state index in [9.17, 15) is 4.79 Å². The average Bonchev–Trinajstić information content (AvgIpc) is 3.05. The summed E-state index contributed by atoms with van der Waals surface area (Å²) in [6.07, 6.45) is -0.961. The van der Waals surface area contributed by atoms with E-state index in [4.69, 9.17) is 38.7 Å². The maximum atomic E-state index is 11.0. The number of carboxylic acid groups (broad SMARTS) is 1. The first kappa shape index (κ1) is 17.2. The van der Waals surface area contributed by atoms with Gasteiger partial charge in [-0.2, -0.15) is 4.98 Å². The lowest BCUT2D eigenvalue weighted by molar-refractivity contribution is 0.202. The minimum atomic E-state index is -1.34. The number of aromatic nitrogens is 2. The number of benzene rings is 2. The Kier molecular flexibility index (Phi) is 4.89. The lowest BCUT2D eigenvalue weighted by Gasteiger charge is -2.14. The molecule has 7 nitrogen and oxygen atoms in total. The van der Waals surface area contributed by atoms with Crippen LogP contribution in [0.2, 0.25) is 10.0 Å². The van der Waals surface area contributed by atoms with Crippen LogP contribution in [-0.2, 0) is 6.42 Å². The first-order valence-electron chi connectivity index (χ1n) is 7.09. The minimum Gasteiger partial charge on any atom is -0.464 e. The summed E-state index contributed by atoms with van der Waals surface area (Å²) in [5.41, 5.74) is 1.49. The molecule has 0 aliphatic heterocycles. The van der Waals surface area contributed by atoms with Gasteiger partial charge in [0.05, 0.1) is 17.1 Å². The Bertz CT molecular complexity index is 929. The van der Waals surface area contributed by atoms with Crippen LogP contribution in [0.5, 0.6) is 0 Å². The van der Waals surface area contributed by atoms with Crippen LogP contribution < -0.4 is 10.9 Å². The molecule has 0 aliphatic rings. The summed E-state index contributed by atoms with van der Waals surface area (Å²) >= 11 is 12.1. The monoisotopic (exact) mass is 378 g/mol. The number of carbonyl (C=O) groups is 1. The quantitative estimate of drug-likeness (QED) is 0.403. The van der Waals surface area contributed by atoms with Crippen LogP contribution in [0.15, 0.2) is 47.0 Å². The van der Waals surface area contributed by atoms with Crippen molar-refractivity contribution in [3.05, 3.63) is 64.0 Å². The third kappa shape index (κ3) is 3.74. The van der Waals surface area contributed by atoms with Crippen LogP contribution >= 0.6 is 23.2 Å². The molecule has 0 radical (unpaired) electrons. The number of halogens is 2. The van der Waals surface area contributed by atoms with Gasteiger partial charge in [-0.1, -0.05) is 46.6 Å². The highest BCUT2D eigenvalue weighted by Crippen LogP contribution is 2.29. The smallest absolute Gasteiger partial charge is 0.426 e. The normalized spacial score (nSPS) is 10.7. The number of amides is 1. The van der Waals surface area contributed by atoms with Crippen molar-refractivity contribution in [1.82, 2.24) is 10.1 Å². The molecule has 1 heterocycles. The molecule has 3 rings (SSSR count). The van der Waals surface area contributed by atoms with Crippen LogP contribution in [0.1, 0.15) is 11.5 Å². The van der Waals surface area contributed by atoms with Crippen molar-refractivity contribution in [1.29, 1.82) is 0 Å². The van der Waals surface area contributed by atoms with E-state index in [-0.39, 0.29) is 10.7 Å². The van der Waals surface area contributed by atoms with Crippen LogP contribution in [0.3, 0.4) is 0 Å². The van der Waals surface area contributed by atoms with E-state index in [1.165, 1.54) is 12.1 Å². The van der Waals surface area contributed by atoms with Crippen LogP contribution in [-0.4, -0.2) is 21.3 Å². The van der Waals surface area contributed by atoms with Crippen molar-refractivity contribution in [3.63, 3.8) is 0 Å². The second-order valence-electron chi connectivity index (χ2n) is 5.10. The van der Waals surface area contributed by atoms with Gasteiger partial charge in [-0.05, 0) is 29.8 Å². The molecule has 0 saturated heterocycles. The molecule has 2 aromatic carbocycles. The molecule has 9 heteroatoms. The van der Waals surface area contributed by atoms with E-state index >= 15 is 0 Å². The summed E-state index contributed by atoms with van der Waals surface area (Å²) < 4.78 is 5.24. The zero-order valence-corrected chi connectivity index (χ0v) is 14.2. The zero-order valence-electron chi connectivity index (χ0n) is 12.7. The lowest BCUT2D eigenvalue weighted by Crippen LogP contribution is -2.36. The first-order chi connectivity index (χ1) is 12.0. The molecule has 0 saturated carbocycles. The van der Waals surface area contributed by atoms with E-state index in [1.54, 1.807) is 12.1 Å². The van der Waals surface area contributed by atoms with E-state index in [0.29, 0.717) is 33.7 Å². The number of anilines is 1. The van der Waals surface area contributed by atoms with E-state index < -0.39 is 6.09 Å². The Morgan fingerprint density at radius 1 is 1.20 bits per heavy atom. The van der Waals surface area contributed by atoms with E-state index in [1.807, 2.05) is 18.2 Å². The van der Waals surface area contributed by atoms with Gasteiger partial charge in [0.25, 0.3) is 0 Å². The van der Waals surface area contributed by atoms with Gasteiger partial charge in [0.2, 0.25) is 11.7 Å². The van der Waals surface area contributed by atoms with Gasteiger partial charge >= 0.3 is 6.09 Å². The molecule has 3 N–H and O–H groups in total. The zero-order chi connectivity index (χ0) is 18.0. The standard InChI is InChI=1S/C16H12Cl2N4O3/c17-11-4-2-1-3-9(11)8-14-20-15(21-25-14)10-5-6-12(18)13(7-10)22(19)16(23)24/h1-7H,8,19H2,(H,23,24). The second-order valence-corrected chi connectivity index (χ2v) is 5.91. The number of hydrazine groups is 1. The average molecular weight is 379 g/mol. The Hall–Kier alpha value is -2.61. The topological polar surface area (TPSA) is 105 Å². The fourth-order valence-corrected chi connectivity index (χ4v) is 2.60. The molecular weight excluding hydrogens is 367 g/mol. The Balaban J connectivity index is 1.89. The third-order valence-corrected chi connectivity index (χ3v) is 4.13. The van der Waals surface area contributed by atoms with Crippen molar-refractivity contribution >= 4 is 35.0 Å². The summed E-state index contributed by atoms with van der Waals surface area (Å²) in [5.74, 6) is 6.15. The summed E-state index contributed by atoms with van der Waals surface area (Å²) in [5, 5.41) is 14.2. The number of hydrogen-bond donors (Lipinski definition) is 2. The molecule has 0 unspecified atom stereocenters. The molecule has 1 aromatic heterocycles. The number of rotatable bonds is 4. The Labute approximate surface area is 152 Å². The Morgan fingerprint density at radius 2 is 1.96 bits per heavy atom. The largest absolute Gasteiger partial charge is 0.464 e. The van der Waals surface area contributed by atoms with E-state index in [0.717, 1.165) is 5.56 Å². The third-order valence-electron chi connectivity index (χ3n) is 3.44. The molecule has 3 aromatic rings. The lowest BCUT2D eigenvalue weighted by atomic mass is 10.1.